The summed E-state index contributed by atoms with van der Waals surface area (Å²) < 4.78 is 18.8. The number of halogens is 1. The number of aromatic nitrogens is 1. The van der Waals surface area contributed by atoms with E-state index >= 15 is 0 Å². The first-order chi connectivity index (χ1) is 13.3. The van der Waals surface area contributed by atoms with Gasteiger partial charge in [-0.2, -0.15) is 0 Å². The van der Waals surface area contributed by atoms with Crippen LogP contribution in [0.2, 0.25) is 0 Å². The number of furan rings is 1. The molecular formula is C22H20FN3O. The highest BCUT2D eigenvalue weighted by atomic mass is 19.1. The lowest BCUT2D eigenvalue weighted by Gasteiger charge is -2.36. The van der Waals surface area contributed by atoms with Crippen molar-refractivity contribution in [3.05, 3.63) is 72.7 Å². The monoisotopic (exact) mass is 361 g/mol. The number of rotatable bonds is 3. The van der Waals surface area contributed by atoms with E-state index in [9.17, 15) is 4.39 Å². The van der Waals surface area contributed by atoms with Gasteiger partial charge in [0.2, 0.25) is 0 Å². The molecule has 2 aromatic carbocycles. The average molecular weight is 361 g/mol. The maximum Gasteiger partial charge on any atom is 0.157 e. The number of H-pyrrole nitrogens is 1. The van der Waals surface area contributed by atoms with Gasteiger partial charge in [-0.05, 0) is 54.1 Å². The Hall–Kier alpha value is -3.21. The zero-order chi connectivity index (χ0) is 18.2. The molecule has 1 saturated heterocycles. The second kappa shape index (κ2) is 6.50. The number of aromatic amines is 1. The van der Waals surface area contributed by atoms with Crippen LogP contribution >= 0.6 is 0 Å². The van der Waals surface area contributed by atoms with Gasteiger partial charge in [0.05, 0.1) is 12.0 Å². The maximum atomic E-state index is 13.1. The molecule has 0 radical (unpaired) electrons. The van der Waals surface area contributed by atoms with Crippen molar-refractivity contribution >= 4 is 22.5 Å². The van der Waals surface area contributed by atoms with E-state index in [1.54, 1.807) is 18.4 Å². The number of para-hydroxylation sites is 1. The lowest BCUT2D eigenvalue weighted by molar-refractivity contribution is 0.605. The van der Waals surface area contributed by atoms with Crippen LogP contribution in [-0.4, -0.2) is 31.2 Å². The van der Waals surface area contributed by atoms with Gasteiger partial charge in [0.1, 0.15) is 11.6 Å². The van der Waals surface area contributed by atoms with E-state index < -0.39 is 0 Å². The van der Waals surface area contributed by atoms with Gasteiger partial charge in [-0.25, -0.2) is 4.39 Å². The van der Waals surface area contributed by atoms with E-state index in [0.29, 0.717) is 0 Å². The van der Waals surface area contributed by atoms with Gasteiger partial charge >= 0.3 is 0 Å². The minimum atomic E-state index is -0.215. The molecule has 0 atom stereocenters. The summed E-state index contributed by atoms with van der Waals surface area (Å²) in [5.74, 6) is 0.887. The van der Waals surface area contributed by atoms with Crippen LogP contribution in [0.3, 0.4) is 0 Å². The predicted molar refractivity (Wildman–Crippen MR) is 107 cm³/mol. The average Bonchev–Trinajstić information content (AvgIpc) is 3.38. The number of anilines is 2. The van der Waals surface area contributed by atoms with Gasteiger partial charge in [-0.15, -0.1) is 0 Å². The number of benzene rings is 2. The fourth-order valence-corrected chi connectivity index (χ4v) is 3.78. The normalized spacial score (nSPS) is 14.9. The van der Waals surface area contributed by atoms with Crippen LogP contribution in [0.25, 0.3) is 22.2 Å². The molecule has 0 aliphatic carbocycles. The van der Waals surface area contributed by atoms with Crippen LogP contribution in [0.5, 0.6) is 0 Å². The number of nitrogens with one attached hydrogen (secondary N) is 1. The topological polar surface area (TPSA) is 35.4 Å². The summed E-state index contributed by atoms with van der Waals surface area (Å²) >= 11 is 0. The lowest BCUT2D eigenvalue weighted by Crippen LogP contribution is -2.46. The third kappa shape index (κ3) is 2.95. The van der Waals surface area contributed by atoms with Crippen molar-refractivity contribution in [1.82, 2.24) is 4.98 Å². The first kappa shape index (κ1) is 16.0. The standard InChI is InChI=1S/C22H20FN3O/c23-18-6-4-16(5-7-18)19-8-9-21(24-19)26-13-11-25(12-14-26)20-3-1-2-17-10-15-27-22(17)20/h1-10,15,24H,11-14H2. The SMILES string of the molecule is Fc1ccc(-c2ccc(N3CCN(c4cccc5ccoc45)CC3)[nH]2)cc1. The molecule has 3 heterocycles. The summed E-state index contributed by atoms with van der Waals surface area (Å²) in [7, 11) is 0. The van der Waals surface area contributed by atoms with Gasteiger partial charge < -0.3 is 19.2 Å². The Balaban J connectivity index is 1.31. The van der Waals surface area contributed by atoms with E-state index in [2.05, 4.69) is 45.1 Å². The third-order valence-electron chi connectivity index (χ3n) is 5.25. The van der Waals surface area contributed by atoms with E-state index in [1.807, 2.05) is 6.07 Å². The van der Waals surface area contributed by atoms with Crippen LogP contribution in [0.4, 0.5) is 15.9 Å². The number of hydrogen-bond donors (Lipinski definition) is 1. The number of fused-ring (bicyclic) bond motifs is 1. The second-order valence-corrected chi connectivity index (χ2v) is 6.85. The Kier molecular flexibility index (Phi) is 3.85. The molecule has 4 nitrogen and oxygen atoms in total. The summed E-state index contributed by atoms with van der Waals surface area (Å²) in [4.78, 5) is 8.20. The van der Waals surface area contributed by atoms with Crippen LogP contribution in [0.1, 0.15) is 0 Å². The molecule has 2 aromatic heterocycles. The Morgan fingerprint density at radius 1 is 0.815 bits per heavy atom. The molecule has 1 aliphatic rings. The summed E-state index contributed by atoms with van der Waals surface area (Å²) in [5, 5.41) is 1.14. The van der Waals surface area contributed by atoms with Gasteiger partial charge in [0.25, 0.3) is 0 Å². The van der Waals surface area contributed by atoms with Crippen molar-refractivity contribution in [3.8, 4) is 11.3 Å². The fourth-order valence-electron chi connectivity index (χ4n) is 3.78. The van der Waals surface area contributed by atoms with E-state index in [1.165, 1.54) is 12.1 Å². The number of hydrogen-bond acceptors (Lipinski definition) is 3. The third-order valence-corrected chi connectivity index (χ3v) is 5.25. The van der Waals surface area contributed by atoms with Crippen LogP contribution in [0.15, 0.2) is 71.3 Å². The molecule has 27 heavy (non-hydrogen) atoms. The van der Waals surface area contributed by atoms with Gasteiger partial charge in [0.15, 0.2) is 5.58 Å². The molecular weight excluding hydrogens is 341 g/mol. The number of piperazine rings is 1. The zero-order valence-corrected chi connectivity index (χ0v) is 14.9. The summed E-state index contributed by atoms with van der Waals surface area (Å²) in [5.41, 5.74) is 4.12. The first-order valence-electron chi connectivity index (χ1n) is 9.19. The smallest absolute Gasteiger partial charge is 0.157 e. The zero-order valence-electron chi connectivity index (χ0n) is 14.9. The minimum absolute atomic E-state index is 0.215. The van der Waals surface area contributed by atoms with Crippen molar-refractivity contribution in [3.63, 3.8) is 0 Å². The van der Waals surface area contributed by atoms with Crippen molar-refractivity contribution in [2.75, 3.05) is 36.0 Å². The summed E-state index contributed by atoms with van der Waals surface area (Å²) in [6, 6.07) is 19.0. The van der Waals surface area contributed by atoms with Gasteiger partial charge in [-0.3, -0.25) is 0 Å². The van der Waals surface area contributed by atoms with Crippen LogP contribution < -0.4 is 9.80 Å². The molecule has 5 rings (SSSR count). The van der Waals surface area contributed by atoms with Crippen molar-refractivity contribution in [2.24, 2.45) is 0 Å². The predicted octanol–water partition coefficient (Wildman–Crippen LogP) is 4.89. The summed E-state index contributed by atoms with van der Waals surface area (Å²) in [6.07, 6.45) is 1.75. The molecule has 1 N–H and O–H groups in total. The Morgan fingerprint density at radius 2 is 1.59 bits per heavy atom. The Labute approximate surface area is 156 Å². The van der Waals surface area contributed by atoms with Crippen molar-refractivity contribution < 1.29 is 8.81 Å². The van der Waals surface area contributed by atoms with Gasteiger partial charge in [0, 0.05) is 37.3 Å². The second-order valence-electron chi connectivity index (χ2n) is 6.85. The summed E-state index contributed by atoms with van der Waals surface area (Å²) in [6.45, 7) is 3.73. The quantitative estimate of drug-likeness (QED) is 0.564. The molecule has 136 valence electrons. The highest BCUT2D eigenvalue weighted by Gasteiger charge is 2.20. The molecule has 0 bridgehead atoms. The molecule has 0 spiro atoms. The molecule has 5 heteroatoms. The highest BCUT2D eigenvalue weighted by molar-refractivity contribution is 5.89. The number of nitrogens with zero attached hydrogens (tertiary/aromatic N) is 2. The van der Waals surface area contributed by atoms with Crippen molar-refractivity contribution in [2.45, 2.75) is 0 Å². The molecule has 1 aliphatic heterocycles. The van der Waals surface area contributed by atoms with E-state index in [-0.39, 0.29) is 5.82 Å². The molecule has 4 aromatic rings. The van der Waals surface area contributed by atoms with E-state index in [4.69, 9.17) is 4.42 Å². The Bertz CT molecular complexity index is 1060. The van der Waals surface area contributed by atoms with E-state index in [0.717, 1.165) is 59.9 Å². The van der Waals surface area contributed by atoms with Crippen LogP contribution in [0, 0.1) is 5.82 Å². The largest absolute Gasteiger partial charge is 0.462 e. The molecule has 0 amide bonds. The maximum absolute atomic E-state index is 13.1. The molecule has 1 fully saturated rings. The lowest BCUT2D eigenvalue weighted by atomic mass is 10.1. The molecule has 0 unspecified atom stereocenters. The van der Waals surface area contributed by atoms with Gasteiger partial charge in [-0.1, -0.05) is 12.1 Å². The van der Waals surface area contributed by atoms with Crippen LogP contribution in [-0.2, 0) is 0 Å². The fraction of sp³-hybridized carbons (Fsp3) is 0.182. The minimum Gasteiger partial charge on any atom is -0.462 e. The Morgan fingerprint density at radius 3 is 2.41 bits per heavy atom. The first-order valence-corrected chi connectivity index (χ1v) is 9.19. The molecule has 0 saturated carbocycles. The highest BCUT2D eigenvalue weighted by Crippen LogP contribution is 2.29. The van der Waals surface area contributed by atoms with Crippen molar-refractivity contribution in [1.29, 1.82) is 0 Å².